The van der Waals surface area contributed by atoms with Crippen molar-refractivity contribution in [3.63, 3.8) is 0 Å². The van der Waals surface area contributed by atoms with E-state index < -0.39 is 0 Å². The normalized spacial score (nSPS) is 14.2. The van der Waals surface area contributed by atoms with Gasteiger partial charge in [-0.05, 0) is 37.9 Å². The lowest BCUT2D eigenvalue weighted by Crippen LogP contribution is -2.46. The van der Waals surface area contributed by atoms with Crippen LogP contribution in [0, 0.1) is 0 Å². The summed E-state index contributed by atoms with van der Waals surface area (Å²) in [6.45, 7) is 8.64. The quantitative estimate of drug-likeness (QED) is 0.819. The lowest BCUT2D eigenvalue weighted by atomic mass is 9.88. The molecule has 1 rings (SSSR count). The van der Waals surface area contributed by atoms with Crippen molar-refractivity contribution in [2.75, 3.05) is 7.05 Å². The molecular weight excluding hydrogens is 196 g/mol. The van der Waals surface area contributed by atoms with Gasteiger partial charge in [-0.3, -0.25) is 0 Å². The molecule has 0 aliphatic heterocycles. The first-order valence-electron chi connectivity index (χ1n) is 5.93. The smallest absolute Gasteiger partial charge is 0.0474 e. The van der Waals surface area contributed by atoms with Crippen LogP contribution in [0.4, 0.5) is 0 Å². The number of hydrogen-bond acceptors (Lipinski definition) is 2. The maximum Gasteiger partial charge on any atom is 0.0474 e. The van der Waals surface area contributed by atoms with Gasteiger partial charge in [0, 0.05) is 11.6 Å². The van der Waals surface area contributed by atoms with Crippen molar-refractivity contribution in [2.24, 2.45) is 5.73 Å². The van der Waals surface area contributed by atoms with Crippen LogP contribution in [0.3, 0.4) is 0 Å². The summed E-state index contributed by atoms with van der Waals surface area (Å²) >= 11 is 0. The van der Waals surface area contributed by atoms with E-state index in [9.17, 15) is 0 Å². The molecule has 0 saturated carbocycles. The molecule has 1 aromatic carbocycles. The number of nitrogens with two attached hydrogens (primary N) is 1. The molecule has 0 aliphatic carbocycles. The summed E-state index contributed by atoms with van der Waals surface area (Å²) in [4.78, 5) is 0. The van der Waals surface area contributed by atoms with Crippen LogP contribution in [0.1, 0.15) is 50.8 Å². The van der Waals surface area contributed by atoms with E-state index in [1.54, 1.807) is 0 Å². The Balaban J connectivity index is 2.90. The highest BCUT2D eigenvalue weighted by Gasteiger charge is 2.25. The average Bonchev–Trinajstić information content (AvgIpc) is 2.28. The van der Waals surface area contributed by atoms with E-state index in [4.69, 9.17) is 5.73 Å². The lowest BCUT2D eigenvalue weighted by Gasteiger charge is -2.31. The van der Waals surface area contributed by atoms with E-state index in [1.165, 1.54) is 11.1 Å². The molecule has 2 nitrogen and oxygen atoms in total. The van der Waals surface area contributed by atoms with E-state index in [1.807, 2.05) is 7.05 Å². The van der Waals surface area contributed by atoms with Gasteiger partial charge in [0.05, 0.1) is 0 Å². The van der Waals surface area contributed by atoms with E-state index >= 15 is 0 Å². The third kappa shape index (κ3) is 2.83. The second kappa shape index (κ2) is 4.98. The summed E-state index contributed by atoms with van der Waals surface area (Å²) in [6.07, 6.45) is 0. The highest BCUT2D eigenvalue weighted by atomic mass is 15.0. The zero-order chi connectivity index (χ0) is 12.3. The molecule has 0 saturated heterocycles. The molecule has 0 spiro atoms. The number of hydrogen-bond donors (Lipinski definition) is 2. The molecule has 0 heterocycles. The molecule has 0 radical (unpaired) electrons. The minimum absolute atomic E-state index is 0.0127. The summed E-state index contributed by atoms with van der Waals surface area (Å²) in [6, 6.07) is 8.63. The second-order valence-corrected chi connectivity index (χ2v) is 5.27. The highest BCUT2D eigenvalue weighted by Crippen LogP contribution is 2.24. The van der Waals surface area contributed by atoms with Gasteiger partial charge in [0.15, 0.2) is 0 Å². The molecule has 2 heteroatoms. The Labute approximate surface area is 99.2 Å². The van der Waals surface area contributed by atoms with Gasteiger partial charge in [0.25, 0.3) is 0 Å². The monoisotopic (exact) mass is 220 g/mol. The topological polar surface area (TPSA) is 38.0 Å². The molecule has 0 aromatic heterocycles. The van der Waals surface area contributed by atoms with Crippen LogP contribution >= 0.6 is 0 Å². The number of rotatable bonds is 4. The third-order valence-corrected chi connectivity index (χ3v) is 3.38. The van der Waals surface area contributed by atoms with E-state index in [2.05, 4.69) is 57.3 Å². The average molecular weight is 220 g/mol. The molecule has 3 N–H and O–H groups in total. The number of benzene rings is 1. The second-order valence-electron chi connectivity index (χ2n) is 5.27. The minimum atomic E-state index is -0.0840. The van der Waals surface area contributed by atoms with Crippen molar-refractivity contribution in [3.05, 3.63) is 35.4 Å². The molecule has 1 atom stereocenters. The molecule has 0 fully saturated rings. The van der Waals surface area contributed by atoms with Crippen LogP contribution in [-0.2, 0) is 0 Å². The molecule has 1 unspecified atom stereocenters. The van der Waals surface area contributed by atoms with Crippen molar-refractivity contribution >= 4 is 0 Å². The summed E-state index contributed by atoms with van der Waals surface area (Å²) in [5.41, 5.74) is 8.71. The predicted molar refractivity (Wildman–Crippen MR) is 70.6 cm³/mol. The lowest BCUT2D eigenvalue weighted by molar-refractivity contribution is 0.348. The summed E-state index contributed by atoms with van der Waals surface area (Å²) in [5.74, 6) is 0.572. The van der Waals surface area contributed by atoms with E-state index in [0.717, 1.165) is 0 Å². The van der Waals surface area contributed by atoms with Crippen molar-refractivity contribution in [3.8, 4) is 0 Å². The molecular formula is C14H24N2. The van der Waals surface area contributed by atoms with Crippen LogP contribution in [0.2, 0.25) is 0 Å². The van der Waals surface area contributed by atoms with Gasteiger partial charge in [-0.2, -0.15) is 0 Å². The molecule has 0 aliphatic rings. The van der Waals surface area contributed by atoms with E-state index in [0.29, 0.717) is 5.92 Å². The first-order valence-corrected chi connectivity index (χ1v) is 5.93. The van der Waals surface area contributed by atoms with Crippen LogP contribution in [0.25, 0.3) is 0 Å². The fourth-order valence-electron chi connectivity index (χ4n) is 1.66. The Hall–Kier alpha value is -0.860. The summed E-state index contributed by atoms with van der Waals surface area (Å²) < 4.78 is 0. The van der Waals surface area contributed by atoms with Gasteiger partial charge in [-0.15, -0.1) is 0 Å². The fourth-order valence-corrected chi connectivity index (χ4v) is 1.66. The number of nitrogens with one attached hydrogen (secondary N) is 1. The summed E-state index contributed by atoms with van der Waals surface area (Å²) in [7, 11) is 1.95. The Kier molecular flexibility index (Phi) is 4.11. The standard InChI is InChI=1S/C14H24N2/c1-10(2)11-6-8-12(9-7-11)13(15)14(3,4)16-5/h6-10,13,16H,15H2,1-5H3. The SMILES string of the molecule is CNC(C)(C)C(N)c1ccc(C(C)C)cc1. The van der Waals surface area contributed by atoms with Gasteiger partial charge in [0.1, 0.15) is 0 Å². The van der Waals surface area contributed by atoms with Crippen LogP contribution in [-0.4, -0.2) is 12.6 Å². The van der Waals surface area contributed by atoms with Crippen molar-refractivity contribution < 1.29 is 0 Å². The Morgan fingerprint density at radius 2 is 1.50 bits per heavy atom. The van der Waals surface area contributed by atoms with Gasteiger partial charge in [-0.25, -0.2) is 0 Å². The van der Waals surface area contributed by atoms with Gasteiger partial charge < -0.3 is 11.1 Å². The maximum atomic E-state index is 6.25. The third-order valence-electron chi connectivity index (χ3n) is 3.38. The molecule has 0 bridgehead atoms. The van der Waals surface area contributed by atoms with Gasteiger partial charge in [-0.1, -0.05) is 38.1 Å². The van der Waals surface area contributed by atoms with Crippen molar-refractivity contribution in [1.82, 2.24) is 5.32 Å². The maximum absolute atomic E-state index is 6.25. The van der Waals surface area contributed by atoms with E-state index in [-0.39, 0.29) is 11.6 Å². The van der Waals surface area contributed by atoms with Crippen molar-refractivity contribution in [1.29, 1.82) is 0 Å². The number of likely N-dealkylation sites (N-methyl/N-ethyl adjacent to an activating group) is 1. The van der Waals surface area contributed by atoms with Gasteiger partial charge >= 0.3 is 0 Å². The first kappa shape index (κ1) is 13.2. The molecule has 90 valence electrons. The molecule has 16 heavy (non-hydrogen) atoms. The van der Waals surface area contributed by atoms with Crippen molar-refractivity contribution in [2.45, 2.75) is 45.2 Å². The Morgan fingerprint density at radius 3 is 1.88 bits per heavy atom. The first-order chi connectivity index (χ1) is 7.38. The van der Waals surface area contributed by atoms with Crippen LogP contribution < -0.4 is 11.1 Å². The molecule has 0 amide bonds. The minimum Gasteiger partial charge on any atom is -0.322 e. The zero-order valence-corrected chi connectivity index (χ0v) is 11.0. The largest absolute Gasteiger partial charge is 0.322 e. The van der Waals surface area contributed by atoms with Crippen LogP contribution in [0.5, 0.6) is 0 Å². The van der Waals surface area contributed by atoms with Crippen LogP contribution in [0.15, 0.2) is 24.3 Å². The fraction of sp³-hybridized carbons (Fsp3) is 0.571. The Morgan fingerprint density at radius 1 is 1.06 bits per heavy atom. The highest BCUT2D eigenvalue weighted by molar-refractivity contribution is 5.28. The van der Waals surface area contributed by atoms with Gasteiger partial charge in [0.2, 0.25) is 0 Å². The predicted octanol–water partition coefficient (Wildman–Crippen LogP) is 2.81. The summed E-state index contributed by atoms with van der Waals surface area (Å²) in [5, 5.41) is 3.25. The zero-order valence-electron chi connectivity index (χ0n) is 11.0. The Bertz CT molecular complexity index is 325. The molecule has 1 aromatic rings.